The summed E-state index contributed by atoms with van der Waals surface area (Å²) < 4.78 is 46.5. The van der Waals surface area contributed by atoms with Crippen molar-refractivity contribution in [2.75, 3.05) is 26.2 Å². The molecule has 0 atom stereocenters. The predicted octanol–water partition coefficient (Wildman–Crippen LogP) is 5.86. The lowest BCUT2D eigenvalue weighted by molar-refractivity contribution is -0.137. The number of nitriles is 1. The molecule has 1 aromatic carbocycles. The first-order chi connectivity index (χ1) is 22.1. The molecule has 2 fully saturated rings. The number of halogens is 4. The van der Waals surface area contributed by atoms with Crippen molar-refractivity contribution >= 4 is 34.3 Å². The van der Waals surface area contributed by atoms with E-state index < -0.39 is 17.3 Å². The summed E-state index contributed by atoms with van der Waals surface area (Å²) in [6, 6.07) is 11.3. The summed E-state index contributed by atoms with van der Waals surface area (Å²) in [6.45, 7) is 1.61. The highest BCUT2D eigenvalue weighted by Gasteiger charge is 2.39. The van der Waals surface area contributed by atoms with E-state index in [9.17, 15) is 28.0 Å². The molecule has 2 aliphatic rings. The standard InChI is InChI=1S/C32H29ClF3N7O3/c33-25-15-21(32(34,35)36)18-38-28(25)19-46-22-5-6-26-23(16-22)24(29(44)41-10-2-1-3-11-41)17-27(40-26)30(45)42-13-7-31(20-37,8-14-42)43-12-4-9-39-43/h4-6,9,12,15-18H,1-3,7-8,10-11,13-14,19H2. The second kappa shape index (κ2) is 12.6. The van der Waals surface area contributed by atoms with Crippen molar-refractivity contribution < 1.29 is 27.5 Å². The topological polar surface area (TPSA) is 117 Å². The molecule has 0 spiro atoms. The highest BCUT2D eigenvalue weighted by atomic mass is 35.5. The van der Waals surface area contributed by atoms with Gasteiger partial charge in [-0.15, -0.1) is 0 Å². The minimum absolute atomic E-state index is 0.116. The zero-order valence-electron chi connectivity index (χ0n) is 24.6. The summed E-state index contributed by atoms with van der Waals surface area (Å²) in [7, 11) is 0. The van der Waals surface area contributed by atoms with E-state index in [2.05, 4.69) is 21.1 Å². The second-order valence-electron chi connectivity index (χ2n) is 11.4. The van der Waals surface area contributed by atoms with Crippen LogP contribution in [0, 0.1) is 11.3 Å². The number of alkyl halides is 3. The van der Waals surface area contributed by atoms with Crippen molar-refractivity contribution in [3.63, 3.8) is 0 Å². The number of ether oxygens (including phenoxy) is 1. The Balaban J connectivity index is 1.27. The Labute approximate surface area is 267 Å². The Hall–Kier alpha value is -4.70. The van der Waals surface area contributed by atoms with Crippen LogP contribution in [0.4, 0.5) is 13.2 Å². The van der Waals surface area contributed by atoms with Crippen molar-refractivity contribution in [2.45, 2.75) is 50.4 Å². The fourth-order valence-electron chi connectivity index (χ4n) is 5.88. The normalized spacial score (nSPS) is 16.7. The predicted molar refractivity (Wildman–Crippen MR) is 161 cm³/mol. The minimum Gasteiger partial charge on any atom is -0.487 e. The molecule has 238 valence electrons. The van der Waals surface area contributed by atoms with Gasteiger partial charge in [0.2, 0.25) is 0 Å². The Kier molecular flexibility index (Phi) is 8.57. The maximum Gasteiger partial charge on any atom is 0.417 e. The molecule has 14 heteroatoms. The van der Waals surface area contributed by atoms with Crippen molar-refractivity contribution in [2.24, 2.45) is 0 Å². The zero-order valence-corrected chi connectivity index (χ0v) is 25.4. The molecule has 3 aromatic heterocycles. The molecule has 0 radical (unpaired) electrons. The number of carbonyl (C=O) groups is 2. The van der Waals surface area contributed by atoms with Crippen LogP contribution < -0.4 is 4.74 Å². The molecule has 4 aromatic rings. The molecule has 0 saturated carbocycles. The maximum absolute atomic E-state index is 13.8. The smallest absolute Gasteiger partial charge is 0.417 e. The number of hydrogen-bond acceptors (Lipinski definition) is 7. The molecule has 0 N–H and O–H groups in total. The number of likely N-dealkylation sites (tertiary alicyclic amines) is 2. The lowest BCUT2D eigenvalue weighted by Gasteiger charge is -2.37. The quantitative estimate of drug-likeness (QED) is 0.256. The number of fused-ring (bicyclic) bond motifs is 1. The Morgan fingerprint density at radius 2 is 1.76 bits per heavy atom. The van der Waals surface area contributed by atoms with Gasteiger partial charge in [-0.2, -0.15) is 23.5 Å². The highest BCUT2D eigenvalue weighted by Crippen LogP contribution is 2.33. The first-order valence-electron chi connectivity index (χ1n) is 14.9. The monoisotopic (exact) mass is 651 g/mol. The van der Waals surface area contributed by atoms with Gasteiger partial charge in [-0.25, -0.2) is 4.98 Å². The van der Waals surface area contributed by atoms with Gasteiger partial charge < -0.3 is 14.5 Å². The third-order valence-corrected chi connectivity index (χ3v) is 8.85. The number of rotatable bonds is 6. The number of piperidine rings is 2. The SMILES string of the molecule is N#CC1(n2cccn2)CCN(C(=O)c2cc(C(=O)N3CCCCC3)c3cc(OCc4ncc(C(F)(F)F)cc4Cl)ccc3n2)CC1. The van der Waals surface area contributed by atoms with Gasteiger partial charge in [0, 0.05) is 63.0 Å². The first-order valence-corrected chi connectivity index (χ1v) is 15.2. The fourth-order valence-corrected chi connectivity index (χ4v) is 6.10. The number of carbonyl (C=O) groups excluding carboxylic acids is 2. The molecule has 0 unspecified atom stereocenters. The number of nitrogens with zero attached hydrogens (tertiary/aromatic N) is 7. The summed E-state index contributed by atoms with van der Waals surface area (Å²) in [4.78, 5) is 39.4. The van der Waals surface area contributed by atoms with Gasteiger partial charge in [0.1, 0.15) is 18.1 Å². The maximum atomic E-state index is 13.8. The molecule has 0 aliphatic carbocycles. The zero-order chi connectivity index (χ0) is 32.5. The number of amides is 2. The summed E-state index contributed by atoms with van der Waals surface area (Å²) in [6.07, 6.45) is 3.05. The van der Waals surface area contributed by atoms with Crippen LogP contribution in [0.2, 0.25) is 5.02 Å². The van der Waals surface area contributed by atoms with Gasteiger partial charge in [0.15, 0.2) is 5.54 Å². The van der Waals surface area contributed by atoms with E-state index in [1.165, 1.54) is 6.07 Å². The van der Waals surface area contributed by atoms with Gasteiger partial charge in [-0.3, -0.25) is 19.3 Å². The van der Waals surface area contributed by atoms with Crippen molar-refractivity contribution in [3.05, 3.63) is 82.5 Å². The molecule has 2 amide bonds. The van der Waals surface area contributed by atoms with Crippen LogP contribution in [0.5, 0.6) is 5.75 Å². The van der Waals surface area contributed by atoms with E-state index in [-0.39, 0.29) is 34.8 Å². The summed E-state index contributed by atoms with van der Waals surface area (Å²) in [5.74, 6) is -0.252. The third kappa shape index (κ3) is 6.22. The van der Waals surface area contributed by atoms with Gasteiger partial charge >= 0.3 is 6.18 Å². The minimum atomic E-state index is -4.58. The average molecular weight is 652 g/mol. The Morgan fingerprint density at radius 3 is 2.41 bits per heavy atom. The van der Waals surface area contributed by atoms with Crippen LogP contribution in [-0.2, 0) is 18.3 Å². The van der Waals surface area contributed by atoms with Gasteiger partial charge in [0.25, 0.3) is 11.8 Å². The highest BCUT2D eigenvalue weighted by molar-refractivity contribution is 6.31. The van der Waals surface area contributed by atoms with Crippen LogP contribution in [-0.4, -0.2) is 67.5 Å². The van der Waals surface area contributed by atoms with E-state index in [0.717, 1.165) is 25.3 Å². The summed E-state index contributed by atoms with van der Waals surface area (Å²) >= 11 is 6.05. The van der Waals surface area contributed by atoms with Crippen LogP contribution in [0.3, 0.4) is 0 Å². The van der Waals surface area contributed by atoms with E-state index in [0.29, 0.717) is 67.4 Å². The average Bonchev–Trinajstić information content (AvgIpc) is 3.62. The third-order valence-electron chi connectivity index (χ3n) is 8.52. The molecule has 2 saturated heterocycles. The Morgan fingerprint density at radius 1 is 1.02 bits per heavy atom. The van der Waals surface area contributed by atoms with Crippen LogP contribution in [0.25, 0.3) is 10.9 Å². The van der Waals surface area contributed by atoms with Crippen molar-refractivity contribution in [1.82, 2.24) is 29.5 Å². The fraction of sp³-hybridized carbons (Fsp3) is 0.375. The number of hydrogen-bond donors (Lipinski definition) is 0. The molecular weight excluding hydrogens is 623 g/mol. The van der Waals surface area contributed by atoms with Crippen LogP contribution in [0.15, 0.2) is 55.0 Å². The molecule has 6 rings (SSSR count). The van der Waals surface area contributed by atoms with Crippen molar-refractivity contribution in [3.8, 4) is 11.8 Å². The first kappa shape index (κ1) is 31.3. The molecule has 10 nitrogen and oxygen atoms in total. The number of pyridine rings is 2. The molecule has 2 aliphatic heterocycles. The van der Waals surface area contributed by atoms with Crippen molar-refractivity contribution in [1.29, 1.82) is 5.26 Å². The van der Waals surface area contributed by atoms with Crippen LogP contribution >= 0.6 is 11.6 Å². The van der Waals surface area contributed by atoms with E-state index in [1.807, 2.05) is 0 Å². The van der Waals surface area contributed by atoms with Gasteiger partial charge in [-0.05, 0) is 55.7 Å². The van der Waals surface area contributed by atoms with E-state index >= 15 is 0 Å². The van der Waals surface area contributed by atoms with Gasteiger partial charge in [0.05, 0.1) is 33.4 Å². The van der Waals surface area contributed by atoms with Gasteiger partial charge in [-0.1, -0.05) is 11.6 Å². The lowest BCUT2D eigenvalue weighted by Crippen LogP contribution is -2.47. The molecule has 5 heterocycles. The molecule has 46 heavy (non-hydrogen) atoms. The van der Waals surface area contributed by atoms with E-state index in [1.54, 1.807) is 51.1 Å². The number of aromatic nitrogens is 4. The van der Waals surface area contributed by atoms with Crippen LogP contribution in [0.1, 0.15) is 64.2 Å². The largest absolute Gasteiger partial charge is 0.487 e. The molecule has 0 bridgehead atoms. The number of benzene rings is 1. The summed E-state index contributed by atoms with van der Waals surface area (Å²) in [5, 5.41) is 14.5. The lowest BCUT2D eigenvalue weighted by atomic mass is 9.89. The molecular formula is C32H29ClF3N7O3. The summed E-state index contributed by atoms with van der Waals surface area (Å²) in [5.41, 5.74) is -0.867. The van der Waals surface area contributed by atoms with E-state index in [4.69, 9.17) is 16.3 Å². The second-order valence-corrected chi connectivity index (χ2v) is 11.8. The Bertz CT molecular complexity index is 1810.